The van der Waals surface area contributed by atoms with Crippen LogP contribution < -0.4 is 10.1 Å². The summed E-state index contributed by atoms with van der Waals surface area (Å²) < 4.78 is 11.4. The topological polar surface area (TPSA) is 183 Å². The molecule has 0 saturated carbocycles. The number of aliphatic hydroxyl groups is 1. The van der Waals surface area contributed by atoms with Crippen molar-refractivity contribution in [3.05, 3.63) is 59.7 Å². The summed E-state index contributed by atoms with van der Waals surface area (Å²) in [6.45, 7) is 4.89. The second kappa shape index (κ2) is 15.6. The molecule has 1 fully saturated rings. The lowest BCUT2D eigenvalue weighted by Gasteiger charge is -2.26. The minimum Gasteiger partial charge on any atom is -0.496 e. The summed E-state index contributed by atoms with van der Waals surface area (Å²) in [5.41, 5.74) is 0.462. The summed E-state index contributed by atoms with van der Waals surface area (Å²) in [4.78, 5) is 44.1. The average Bonchev–Trinajstić information content (AvgIpc) is 3.37. The van der Waals surface area contributed by atoms with Gasteiger partial charge in [0.2, 0.25) is 5.91 Å². The molecule has 0 aliphatic carbocycles. The van der Waals surface area contributed by atoms with Crippen LogP contribution in [0.2, 0.25) is 0 Å². The number of hydrogen-bond donors (Lipinski definition) is 5. The van der Waals surface area contributed by atoms with Gasteiger partial charge in [0.15, 0.2) is 5.60 Å². The van der Waals surface area contributed by atoms with Crippen LogP contribution in [-0.4, -0.2) is 81.1 Å². The number of anilines is 1. The van der Waals surface area contributed by atoms with E-state index in [1.54, 1.807) is 7.11 Å². The molecule has 2 aromatic carbocycles. The van der Waals surface area contributed by atoms with E-state index >= 15 is 0 Å². The van der Waals surface area contributed by atoms with Gasteiger partial charge in [-0.2, -0.15) is 0 Å². The molecule has 1 unspecified atom stereocenters. The molecule has 5 N–H and O–H groups in total. The number of carboxylic acids is 3. The number of methoxy groups -OCH3 is 1. The maximum Gasteiger partial charge on any atom is 0.336 e. The molecule has 0 spiro atoms. The molecular weight excluding hydrogens is 524 g/mol. The number of rotatable bonds is 13. The Bertz CT molecular complexity index is 1130. The Morgan fingerprint density at radius 2 is 1.62 bits per heavy atom. The number of nitrogens with zero attached hydrogens (tertiary/aromatic N) is 1. The predicted molar refractivity (Wildman–Crippen MR) is 144 cm³/mol. The minimum absolute atomic E-state index is 0.0565. The van der Waals surface area contributed by atoms with Gasteiger partial charge in [-0.3, -0.25) is 19.3 Å². The van der Waals surface area contributed by atoms with Gasteiger partial charge in [-0.25, -0.2) is 4.79 Å². The zero-order valence-electron chi connectivity index (χ0n) is 22.5. The normalized spacial score (nSPS) is 14.7. The van der Waals surface area contributed by atoms with Crippen molar-refractivity contribution in [3.8, 4) is 5.75 Å². The molecular formula is C28H36N2O10. The SMILES string of the molecule is COc1ccccc1CN(Cc1ccc(NC(C)=O)cc1)CC1CCCO1.O=C(O)CC(O)(CC(=O)O)C(=O)O. The highest BCUT2D eigenvalue weighted by atomic mass is 16.5. The number of carbonyl (C=O) groups is 4. The molecule has 40 heavy (non-hydrogen) atoms. The van der Waals surface area contributed by atoms with Crippen molar-refractivity contribution in [3.63, 3.8) is 0 Å². The van der Waals surface area contributed by atoms with E-state index in [4.69, 9.17) is 29.9 Å². The van der Waals surface area contributed by atoms with Crippen molar-refractivity contribution in [1.82, 2.24) is 4.90 Å². The van der Waals surface area contributed by atoms with E-state index in [1.165, 1.54) is 18.1 Å². The summed E-state index contributed by atoms with van der Waals surface area (Å²) in [5, 5.41) is 36.6. The molecule has 0 radical (unpaired) electrons. The highest BCUT2D eigenvalue weighted by Crippen LogP contribution is 2.23. The van der Waals surface area contributed by atoms with E-state index in [1.807, 2.05) is 30.3 Å². The maximum atomic E-state index is 11.2. The van der Waals surface area contributed by atoms with Crippen LogP contribution >= 0.6 is 0 Å². The van der Waals surface area contributed by atoms with Gasteiger partial charge in [0.1, 0.15) is 5.75 Å². The molecule has 1 heterocycles. The van der Waals surface area contributed by atoms with Crippen LogP contribution in [0.3, 0.4) is 0 Å². The van der Waals surface area contributed by atoms with Crippen molar-refractivity contribution < 1.29 is 49.1 Å². The highest BCUT2D eigenvalue weighted by molar-refractivity contribution is 5.89. The van der Waals surface area contributed by atoms with Crippen molar-refractivity contribution in [2.24, 2.45) is 0 Å². The molecule has 2 aromatic rings. The number of para-hydroxylation sites is 1. The number of aliphatic carboxylic acids is 3. The largest absolute Gasteiger partial charge is 0.496 e. The van der Waals surface area contributed by atoms with E-state index in [0.717, 1.165) is 50.5 Å². The third kappa shape index (κ3) is 11.0. The Morgan fingerprint density at radius 1 is 1.00 bits per heavy atom. The maximum absolute atomic E-state index is 11.2. The number of ether oxygens (including phenoxy) is 2. The summed E-state index contributed by atoms with van der Waals surface area (Å²) in [7, 11) is 1.71. The highest BCUT2D eigenvalue weighted by Gasteiger charge is 2.40. The smallest absolute Gasteiger partial charge is 0.336 e. The first-order chi connectivity index (χ1) is 18.9. The van der Waals surface area contributed by atoms with Crippen molar-refractivity contribution in [2.45, 2.75) is 57.4 Å². The molecule has 1 amide bonds. The second-order valence-electron chi connectivity index (χ2n) is 9.47. The molecule has 1 saturated heterocycles. The molecule has 1 atom stereocenters. The predicted octanol–water partition coefficient (Wildman–Crippen LogP) is 2.59. The molecule has 0 bridgehead atoms. The molecule has 0 aromatic heterocycles. The first kappa shape index (κ1) is 32.2. The fourth-order valence-corrected chi connectivity index (χ4v) is 4.20. The van der Waals surface area contributed by atoms with Crippen LogP contribution in [0, 0.1) is 0 Å². The van der Waals surface area contributed by atoms with Crippen LogP contribution in [0.25, 0.3) is 0 Å². The van der Waals surface area contributed by atoms with Gasteiger partial charge in [0.25, 0.3) is 0 Å². The first-order valence-corrected chi connectivity index (χ1v) is 12.6. The first-order valence-electron chi connectivity index (χ1n) is 12.6. The monoisotopic (exact) mass is 560 g/mol. The van der Waals surface area contributed by atoms with E-state index in [0.29, 0.717) is 6.10 Å². The molecule has 12 nitrogen and oxygen atoms in total. The lowest BCUT2D eigenvalue weighted by molar-refractivity contribution is -0.170. The van der Waals surface area contributed by atoms with E-state index < -0.39 is 36.4 Å². The number of carboxylic acid groups (broad SMARTS) is 3. The minimum atomic E-state index is -2.74. The Hall–Kier alpha value is -4.00. The van der Waals surface area contributed by atoms with Crippen molar-refractivity contribution in [2.75, 3.05) is 25.6 Å². The Balaban J connectivity index is 0.000000366. The quantitative estimate of drug-likeness (QED) is 0.243. The lowest BCUT2D eigenvalue weighted by atomic mass is 9.96. The van der Waals surface area contributed by atoms with Crippen molar-refractivity contribution >= 4 is 29.5 Å². The summed E-state index contributed by atoms with van der Waals surface area (Å²) >= 11 is 0. The fourth-order valence-electron chi connectivity index (χ4n) is 4.20. The molecule has 12 heteroatoms. The van der Waals surface area contributed by atoms with Crippen LogP contribution in [0.5, 0.6) is 5.75 Å². The van der Waals surface area contributed by atoms with Crippen molar-refractivity contribution in [1.29, 1.82) is 0 Å². The zero-order chi connectivity index (χ0) is 29.7. The van der Waals surface area contributed by atoms with Gasteiger partial charge >= 0.3 is 17.9 Å². The van der Waals surface area contributed by atoms with E-state index in [2.05, 4.69) is 28.4 Å². The van der Waals surface area contributed by atoms with Gasteiger partial charge in [-0.15, -0.1) is 0 Å². The Labute approximate surface area is 232 Å². The average molecular weight is 561 g/mol. The summed E-state index contributed by atoms with van der Waals surface area (Å²) in [5.74, 6) is -4.16. The molecule has 1 aliphatic rings. The Kier molecular flexibility index (Phi) is 12.5. The third-order valence-electron chi connectivity index (χ3n) is 6.04. The standard InChI is InChI=1S/C22H28N2O3.C6H8O7/c1-17(25)23-20-11-9-18(10-12-20)14-24(16-21-7-5-13-27-21)15-19-6-3-4-8-22(19)26-2;7-3(8)1-6(13,5(11)12)2-4(9)10/h3-4,6,8-12,21H,5,7,13-16H2,1-2H3,(H,23,25);13H,1-2H2,(H,7,8)(H,9,10)(H,11,12). The second-order valence-corrected chi connectivity index (χ2v) is 9.47. The van der Waals surface area contributed by atoms with Gasteiger partial charge in [0.05, 0.1) is 26.1 Å². The third-order valence-corrected chi connectivity index (χ3v) is 6.04. The number of amides is 1. The molecule has 218 valence electrons. The van der Waals surface area contributed by atoms with E-state index in [-0.39, 0.29) is 5.91 Å². The van der Waals surface area contributed by atoms with Crippen LogP contribution in [-0.2, 0) is 37.0 Å². The Morgan fingerprint density at radius 3 is 2.12 bits per heavy atom. The van der Waals surface area contributed by atoms with Crippen LogP contribution in [0.4, 0.5) is 5.69 Å². The lowest BCUT2D eigenvalue weighted by Crippen LogP contribution is -2.42. The summed E-state index contributed by atoms with van der Waals surface area (Å²) in [6.07, 6.45) is 0.254. The van der Waals surface area contributed by atoms with Gasteiger partial charge < -0.3 is 35.2 Å². The number of nitrogens with one attached hydrogen (secondary N) is 1. The van der Waals surface area contributed by atoms with Crippen LogP contribution in [0.15, 0.2) is 48.5 Å². The molecule has 3 rings (SSSR count). The van der Waals surface area contributed by atoms with Crippen LogP contribution in [0.1, 0.15) is 43.7 Å². The number of hydrogen-bond acceptors (Lipinski definition) is 8. The fraction of sp³-hybridized carbons (Fsp3) is 0.429. The van der Waals surface area contributed by atoms with Gasteiger partial charge in [-0.05, 0) is 36.6 Å². The molecule has 1 aliphatic heterocycles. The van der Waals surface area contributed by atoms with E-state index in [9.17, 15) is 19.2 Å². The van der Waals surface area contributed by atoms with Gasteiger partial charge in [-0.1, -0.05) is 30.3 Å². The summed E-state index contributed by atoms with van der Waals surface area (Å²) in [6, 6.07) is 16.2. The number of carbonyl (C=O) groups excluding carboxylic acids is 1. The van der Waals surface area contributed by atoms with Gasteiger partial charge in [0, 0.05) is 44.4 Å². The zero-order valence-corrected chi connectivity index (χ0v) is 22.5. The number of benzene rings is 2.